The number of anilines is 2. The molecule has 3 rings (SSSR count). The molecule has 0 bridgehead atoms. The highest BCUT2D eigenvalue weighted by molar-refractivity contribution is 5.78. The van der Waals surface area contributed by atoms with Gasteiger partial charge in [-0.15, -0.1) is 0 Å². The van der Waals surface area contributed by atoms with Crippen LogP contribution in [0.4, 0.5) is 11.7 Å². The molecule has 0 aliphatic rings. The SMILES string of the molecule is Cc1nn(C)c(C)c1CNc1nc2cc(N)ccc2o1. The number of aryl methyl sites for hydroxylation is 2. The minimum absolute atomic E-state index is 0.494. The van der Waals surface area contributed by atoms with Crippen molar-refractivity contribution in [2.24, 2.45) is 7.05 Å². The molecule has 3 aromatic rings. The smallest absolute Gasteiger partial charge is 0.295 e. The molecule has 20 heavy (non-hydrogen) atoms. The zero-order valence-corrected chi connectivity index (χ0v) is 11.8. The lowest BCUT2D eigenvalue weighted by Crippen LogP contribution is -2.02. The van der Waals surface area contributed by atoms with E-state index in [1.54, 1.807) is 12.1 Å². The molecule has 2 aromatic heterocycles. The minimum atomic E-state index is 0.494. The summed E-state index contributed by atoms with van der Waals surface area (Å²) in [4.78, 5) is 4.37. The summed E-state index contributed by atoms with van der Waals surface area (Å²) >= 11 is 0. The van der Waals surface area contributed by atoms with Crippen LogP contribution in [0.5, 0.6) is 0 Å². The predicted molar refractivity (Wildman–Crippen MR) is 78.4 cm³/mol. The van der Waals surface area contributed by atoms with Gasteiger partial charge in [-0.2, -0.15) is 10.1 Å². The van der Waals surface area contributed by atoms with Crippen molar-refractivity contribution in [1.82, 2.24) is 14.8 Å². The minimum Gasteiger partial charge on any atom is -0.424 e. The van der Waals surface area contributed by atoms with Crippen LogP contribution in [0, 0.1) is 13.8 Å². The second-order valence-electron chi connectivity index (χ2n) is 4.87. The molecule has 1 aromatic carbocycles. The van der Waals surface area contributed by atoms with E-state index in [0.29, 0.717) is 18.2 Å². The van der Waals surface area contributed by atoms with E-state index in [0.717, 1.165) is 28.1 Å². The van der Waals surface area contributed by atoms with Gasteiger partial charge in [0.1, 0.15) is 5.52 Å². The number of nitrogen functional groups attached to an aromatic ring is 1. The number of nitrogens with one attached hydrogen (secondary N) is 1. The number of rotatable bonds is 3. The summed E-state index contributed by atoms with van der Waals surface area (Å²) in [7, 11) is 1.94. The highest BCUT2D eigenvalue weighted by Gasteiger charge is 2.11. The zero-order chi connectivity index (χ0) is 14.3. The molecule has 0 fully saturated rings. The lowest BCUT2D eigenvalue weighted by atomic mass is 10.2. The number of fused-ring (bicyclic) bond motifs is 1. The first-order chi connectivity index (χ1) is 9.54. The van der Waals surface area contributed by atoms with E-state index in [-0.39, 0.29) is 0 Å². The highest BCUT2D eigenvalue weighted by Crippen LogP contribution is 2.22. The standard InChI is InChI=1S/C14H17N5O/c1-8-11(9(2)19(3)18-8)7-16-14-17-12-6-10(15)4-5-13(12)20-14/h4-6H,7,15H2,1-3H3,(H,16,17). The van der Waals surface area contributed by atoms with Gasteiger partial charge in [-0.3, -0.25) is 4.68 Å². The van der Waals surface area contributed by atoms with Crippen molar-refractivity contribution in [1.29, 1.82) is 0 Å². The zero-order valence-electron chi connectivity index (χ0n) is 11.8. The molecule has 0 saturated heterocycles. The van der Waals surface area contributed by atoms with Crippen molar-refractivity contribution in [2.45, 2.75) is 20.4 Å². The van der Waals surface area contributed by atoms with E-state index in [4.69, 9.17) is 10.2 Å². The van der Waals surface area contributed by atoms with Crippen molar-refractivity contribution in [3.8, 4) is 0 Å². The first kappa shape index (κ1) is 12.5. The third-order valence-electron chi connectivity index (χ3n) is 3.49. The predicted octanol–water partition coefficient (Wildman–Crippen LogP) is 2.37. The normalized spacial score (nSPS) is 11.2. The van der Waals surface area contributed by atoms with Gasteiger partial charge in [0.15, 0.2) is 5.58 Å². The molecule has 0 aliphatic heterocycles. The number of aromatic nitrogens is 3. The summed E-state index contributed by atoms with van der Waals surface area (Å²) in [6.45, 7) is 4.67. The summed E-state index contributed by atoms with van der Waals surface area (Å²) in [6.07, 6.45) is 0. The highest BCUT2D eigenvalue weighted by atomic mass is 16.4. The van der Waals surface area contributed by atoms with Crippen LogP contribution in [0.1, 0.15) is 17.0 Å². The van der Waals surface area contributed by atoms with E-state index in [1.807, 2.05) is 31.6 Å². The molecule has 0 spiro atoms. The van der Waals surface area contributed by atoms with Crippen LogP contribution in [0.2, 0.25) is 0 Å². The third-order valence-corrected chi connectivity index (χ3v) is 3.49. The first-order valence-electron chi connectivity index (χ1n) is 6.43. The van der Waals surface area contributed by atoms with Gasteiger partial charge >= 0.3 is 0 Å². The Morgan fingerprint density at radius 2 is 2.15 bits per heavy atom. The third kappa shape index (κ3) is 2.09. The number of benzene rings is 1. The molecule has 6 heteroatoms. The Morgan fingerprint density at radius 3 is 2.85 bits per heavy atom. The van der Waals surface area contributed by atoms with Crippen molar-refractivity contribution in [3.05, 3.63) is 35.2 Å². The fraction of sp³-hybridized carbons (Fsp3) is 0.286. The molecule has 3 N–H and O–H groups in total. The van der Waals surface area contributed by atoms with Gasteiger partial charge in [0.25, 0.3) is 6.01 Å². The van der Waals surface area contributed by atoms with Gasteiger partial charge in [-0.05, 0) is 32.0 Å². The summed E-state index contributed by atoms with van der Waals surface area (Å²) in [6, 6.07) is 5.91. The molecule has 104 valence electrons. The Labute approximate surface area is 116 Å². The van der Waals surface area contributed by atoms with Crippen molar-refractivity contribution < 1.29 is 4.42 Å². The molecule has 6 nitrogen and oxygen atoms in total. The Kier molecular flexibility index (Phi) is 2.85. The number of nitrogens with zero attached hydrogens (tertiary/aromatic N) is 3. The van der Waals surface area contributed by atoms with E-state index in [9.17, 15) is 0 Å². The van der Waals surface area contributed by atoms with Crippen LogP contribution in [-0.2, 0) is 13.6 Å². The van der Waals surface area contributed by atoms with Gasteiger partial charge in [-0.1, -0.05) is 0 Å². The van der Waals surface area contributed by atoms with Crippen LogP contribution < -0.4 is 11.1 Å². The maximum Gasteiger partial charge on any atom is 0.295 e. The lowest BCUT2D eigenvalue weighted by molar-refractivity contribution is 0.614. The quantitative estimate of drug-likeness (QED) is 0.715. The summed E-state index contributed by atoms with van der Waals surface area (Å²) in [5.74, 6) is 0. The maximum absolute atomic E-state index is 5.73. The van der Waals surface area contributed by atoms with Crippen LogP contribution in [0.3, 0.4) is 0 Å². The van der Waals surface area contributed by atoms with Gasteiger partial charge < -0.3 is 15.5 Å². The van der Waals surface area contributed by atoms with E-state index in [2.05, 4.69) is 15.4 Å². The molecule has 0 saturated carbocycles. The molecule has 0 amide bonds. The topological polar surface area (TPSA) is 81.9 Å². The largest absolute Gasteiger partial charge is 0.424 e. The number of nitrogens with two attached hydrogens (primary N) is 1. The molecule has 0 unspecified atom stereocenters. The molecule has 0 radical (unpaired) electrons. The molecular formula is C14H17N5O. The maximum atomic E-state index is 5.73. The molecule has 0 atom stereocenters. The molecule has 2 heterocycles. The van der Waals surface area contributed by atoms with E-state index < -0.39 is 0 Å². The van der Waals surface area contributed by atoms with Gasteiger partial charge in [0, 0.05) is 30.5 Å². The fourth-order valence-corrected chi connectivity index (χ4v) is 2.26. The summed E-state index contributed by atoms with van der Waals surface area (Å²) < 4.78 is 7.50. The average Bonchev–Trinajstić information content (AvgIpc) is 2.89. The van der Waals surface area contributed by atoms with Crippen molar-refractivity contribution in [3.63, 3.8) is 0 Å². The monoisotopic (exact) mass is 271 g/mol. The van der Waals surface area contributed by atoms with E-state index >= 15 is 0 Å². The van der Waals surface area contributed by atoms with Crippen LogP contribution >= 0.6 is 0 Å². The van der Waals surface area contributed by atoms with Gasteiger partial charge in [-0.25, -0.2) is 0 Å². The molecule has 0 aliphatic carbocycles. The summed E-state index contributed by atoms with van der Waals surface area (Å²) in [5.41, 5.74) is 11.2. The second kappa shape index (κ2) is 4.56. The molecular weight excluding hydrogens is 254 g/mol. The Hall–Kier alpha value is -2.50. The average molecular weight is 271 g/mol. The van der Waals surface area contributed by atoms with E-state index in [1.165, 1.54) is 0 Å². The van der Waals surface area contributed by atoms with Crippen LogP contribution in [-0.4, -0.2) is 14.8 Å². The fourth-order valence-electron chi connectivity index (χ4n) is 2.26. The number of hydrogen-bond acceptors (Lipinski definition) is 5. The lowest BCUT2D eigenvalue weighted by Gasteiger charge is -2.02. The first-order valence-corrected chi connectivity index (χ1v) is 6.43. The second-order valence-corrected chi connectivity index (χ2v) is 4.87. The van der Waals surface area contributed by atoms with Crippen molar-refractivity contribution in [2.75, 3.05) is 11.1 Å². The van der Waals surface area contributed by atoms with Crippen LogP contribution in [0.15, 0.2) is 22.6 Å². The number of oxazole rings is 1. The Bertz CT molecular complexity index is 771. The summed E-state index contributed by atoms with van der Waals surface area (Å²) in [5, 5.41) is 7.58. The van der Waals surface area contributed by atoms with Gasteiger partial charge in [0.05, 0.1) is 5.69 Å². The Balaban J connectivity index is 1.83. The van der Waals surface area contributed by atoms with Crippen LogP contribution in [0.25, 0.3) is 11.1 Å². The number of hydrogen-bond donors (Lipinski definition) is 2. The van der Waals surface area contributed by atoms with Crippen molar-refractivity contribution >= 4 is 22.8 Å². The Morgan fingerprint density at radius 1 is 1.35 bits per heavy atom. The van der Waals surface area contributed by atoms with Gasteiger partial charge in [0.2, 0.25) is 0 Å².